The molecule has 0 saturated heterocycles. The quantitative estimate of drug-likeness (QED) is 0.781. The summed E-state index contributed by atoms with van der Waals surface area (Å²) in [4.78, 5) is 8.11. The molecule has 0 unspecified atom stereocenters. The van der Waals surface area contributed by atoms with E-state index in [9.17, 15) is 0 Å². The third-order valence-electron chi connectivity index (χ3n) is 2.27. The van der Waals surface area contributed by atoms with Crippen LogP contribution in [0, 0.1) is 5.41 Å². The minimum atomic E-state index is -0.309. The molecule has 2 aromatic rings. The molecule has 2 rings (SSSR count). The van der Waals surface area contributed by atoms with Crippen LogP contribution >= 0.6 is 0 Å². The van der Waals surface area contributed by atoms with Gasteiger partial charge >= 0.3 is 0 Å². The van der Waals surface area contributed by atoms with Gasteiger partial charge in [0.15, 0.2) is 5.82 Å². The molecular weight excluding hydrogens is 208 g/mol. The van der Waals surface area contributed by atoms with Crippen molar-refractivity contribution in [3.8, 4) is 11.6 Å². The molecule has 0 fully saturated rings. The normalized spacial score (nSPS) is 14.0. The van der Waals surface area contributed by atoms with Gasteiger partial charge in [-0.3, -0.25) is 5.10 Å². The Morgan fingerprint density at radius 3 is 2.75 bits per heavy atom. The molecule has 1 atom stereocenters. The van der Waals surface area contributed by atoms with Crippen molar-refractivity contribution in [2.24, 2.45) is 11.1 Å². The zero-order chi connectivity index (χ0) is 11.8. The van der Waals surface area contributed by atoms with Crippen LogP contribution in [-0.2, 0) is 0 Å². The Labute approximate surface area is 92.5 Å². The second-order valence-corrected chi connectivity index (χ2v) is 4.63. The van der Waals surface area contributed by atoms with Gasteiger partial charge in [-0.15, -0.1) is 0 Å². The molecule has 0 amide bonds. The van der Waals surface area contributed by atoms with E-state index >= 15 is 0 Å². The predicted octanol–water partition coefficient (Wildman–Crippen LogP) is 0.901. The lowest BCUT2D eigenvalue weighted by Gasteiger charge is -2.23. The molecule has 16 heavy (non-hydrogen) atoms. The van der Waals surface area contributed by atoms with Crippen molar-refractivity contribution in [1.82, 2.24) is 25.3 Å². The molecule has 2 heterocycles. The van der Waals surface area contributed by atoms with Crippen molar-refractivity contribution < 1.29 is 4.52 Å². The van der Waals surface area contributed by atoms with E-state index in [1.165, 1.54) is 6.33 Å². The van der Waals surface area contributed by atoms with Crippen LogP contribution in [0.25, 0.3) is 11.6 Å². The van der Waals surface area contributed by atoms with Gasteiger partial charge in [-0.2, -0.15) is 10.1 Å². The molecule has 0 bridgehead atoms. The van der Waals surface area contributed by atoms with Gasteiger partial charge in [0.2, 0.25) is 11.7 Å². The SMILES string of the molecule is CC(C)(C)[C@H](N)c1nc(-c2ncn[nH]2)no1. The molecule has 3 N–H and O–H groups in total. The topological polar surface area (TPSA) is 107 Å². The van der Waals surface area contributed by atoms with Crippen LogP contribution in [0.15, 0.2) is 10.9 Å². The highest BCUT2D eigenvalue weighted by atomic mass is 16.5. The molecule has 2 aromatic heterocycles. The first-order chi connectivity index (χ1) is 7.48. The highest BCUT2D eigenvalue weighted by Crippen LogP contribution is 2.29. The molecule has 0 aromatic carbocycles. The second kappa shape index (κ2) is 3.67. The number of nitrogens with zero attached hydrogens (tertiary/aromatic N) is 4. The zero-order valence-corrected chi connectivity index (χ0v) is 9.43. The minimum Gasteiger partial charge on any atom is -0.337 e. The Morgan fingerprint density at radius 2 is 2.19 bits per heavy atom. The van der Waals surface area contributed by atoms with E-state index in [2.05, 4.69) is 25.3 Å². The van der Waals surface area contributed by atoms with Crippen LogP contribution in [0.4, 0.5) is 0 Å². The lowest BCUT2D eigenvalue weighted by molar-refractivity contribution is 0.253. The summed E-state index contributed by atoms with van der Waals surface area (Å²) in [5.74, 6) is 1.24. The number of rotatable bonds is 2. The number of nitrogens with two attached hydrogens (primary N) is 1. The number of aromatic amines is 1. The van der Waals surface area contributed by atoms with Crippen LogP contribution in [0.3, 0.4) is 0 Å². The highest BCUT2D eigenvalue weighted by molar-refractivity contribution is 5.39. The lowest BCUT2D eigenvalue weighted by Crippen LogP contribution is -2.26. The largest absolute Gasteiger partial charge is 0.337 e. The standard InChI is InChI=1S/C9H14N6O/c1-9(2,3)5(10)8-13-7(15-16-8)6-11-4-12-14-6/h4-5H,10H2,1-3H3,(H,11,12,14)/t5-/m1/s1. The summed E-state index contributed by atoms with van der Waals surface area (Å²) in [6, 6.07) is -0.309. The maximum atomic E-state index is 6.00. The van der Waals surface area contributed by atoms with Crippen LogP contribution in [0.2, 0.25) is 0 Å². The van der Waals surface area contributed by atoms with Gasteiger partial charge in [0.25, 0.3) is 0 Å². The van der Waals surface area contributed by atoms with Crippen molar-refractivity contribution in [2.75, 3.05) is 0 Å². The van der Waals surface area contributed by atoms with Crippen LogP contribution < -0.4 is 5.73 Å². The Kier molecular flexibility index (Phi) is 2.47. The van der Waals surface area contributed by atoms with E-state index < -0.39 is 0 Å². The molecular formula is C9H14N6O. The second-order valence-electron chi connectivity index (χ2n) is 4.63. The molecule has 0 spiro atoms. The number of nitrogens with one attached hydrogen (secondary N) is 1. The molecule has 7 heteroatoms. The van der Waals surface area contributed by atoms with Crippen molar-refractivity contribution in [1.29, 1.82) is 0 Å². The van der Waals surface area contributed by atoms with Crippen LogP contribution in [0.5, 0.6) is 0 Å². The first-order valence-corrected chi connectivity index (χ1v) is 4.93. The monoisotopic (exact) mass is 222 g/mol. The van der Waals surface area contributed by atoms with Gasteiger partial charge in [-0.1, -0.05) is 25.9 Å². The molecule has 0 saturated carbocycles. The van der Waals surface area contributed by atoms with Gasteiger partial charge in [-0.25, -0.2) is 4.98 Å². The first-order valence-electron chi connectivity index (χ1n) is 4.93. The fourth-order valence-electron chi connectivity index (χ4n) is 1.14. The molecule has 0 radical (unpaired) electrons. The van der Waals surface area contributed by atoms with Crippen molar-refractivity contribution in [3.63, 3.8) is 0 Å². The summed E-state index contributed by atoms with van der Waals surface area (Å²) in [6.07, 6.45) is 1.38. The Balaban J connectivity index is 2.27. The number of hydrogen-bond acceptors (Lipinski definition) is 6. The molecule has 7 nitrogen and oxygen atoms in total. The van der Waals surface area contributed by atoms with E-state index in [1.54, 1.807) is 0 Å². The van der Waals surface area contributed by atoms with E-state index in [-0.39, 0.29) is 11.5 Å². The predicted molar refractivity (Wildman–Crippen MR) is 56.1 cm³/mol. The summed E-state index contributed by atoms with van der Waals surface area (Å²) in [7, 11) is 0. The first kappa shape index (κ1) is 10.7. The van der Waals surface area contributed by atoms with Gasteiger partial charge in [0.1, 0.15) is 6.33 Å². The van der Waals surface area contributed by atoms with E-state index in [1.807, 2.05) is 20.8 Å². The summed E-state index contributed by atoms with van der Waals surface area (Å²) in [6.45, 7) is 6.03. The number of H-pyrrole nitrogens is 1. The van der Waals surface area contributed by atoms with Gasteiger partial charge in [-0.05, 0) is 5.41 Å². The van der Waals surface area contributed by atoms with Crippen molar-refractivity contribution >= 4 is 0 Å². The molecule has 86 valence electrons. The minimum absolute atomic E-state index is 0.134. The maximum absolute atomic E-state index is 6.00. The van der Waals surface area contributed by atoms with Gasteiger partial charge < -0.3 is 10.3 Å². The van der Waals surface area contributed by atoms with Gasteiger partial charge in [0.05, 0.1) is 6.04 Å². The fraction of sp³-hybridized carbons (Fsp3) is 0.556. The third kappa shape index (κ3) is 1.94. The summed E-state index contributed by atoms with van der Waals surface area (Å²) >= 11 is 0. The van der Waals surface area contributed by atoms with Gasteiger partial charge in [0, 0.05) is 0 Å². The maximum Gasteiger partial charge on any atom is 0.244 e. The fourth-order valence-corrected chi connectivity index (χ4v) is 1.14. The zero-order valence-electron chi connectivity index (χ0n) is 9.43. The lowest BCUT2D eigenvalue weighted by atomic mass is 9.87. The molecule has 0 aliphatic carbocycles. The van der Waals surface area contributed by atoms with E-state index in [0.29, 0.717) is 17.5 Å². The number of hydrogen-bond donors (Lipinski definition) is 2. The number of aromatic nitrogens is 5. The van der Waals surface area contributed by atoms with E-state index in [0.717, 1.165) is 0 Å². The highest BCUT2D eigenvalue weighted by Gasteiger charge is 2.28. The van der Waals surface area contributed by atoms with Crippen LogP contribution in [-0.4, -0.2) is 25.3 Å². The Bertz CT molecular complexity index is 455. The van der Waals surface area contributed by atoms with E-state index in [4.69, 9.17) is 10.3 Å². The van der Waals surface area contributed by atoms with Crippen molar-refractivity contribution in [3.05, 3.63) is 12.2 Å². The summed E-state index contributed by atoms with van der Waals surface area (Å²) < 4.78 is 5.10. The van der Waals surface area contributed by atoms with Crippen LogP contribution in [0.1, 0.15) is 32.7 Å². The van der Waals surface area contributed by atoms with Crippen molar-refractivity contribution in [2.45, 2.75) is 26.8 Å². The Hall–Kier alpha value is -1.76. The summed E-state index contributed by atoms with van der Waals surface area (Å²) in [5.41, 5.74) is 5.86. The Morgan fingerprint density at radius 1 is 1.44 bits per heavy atom. The third-order valence-corrected chi connectivity index (χ3v) is 2.27. The average Bonchev–Trinajstić information content (AvgIpc) is 2.85. The average molecular weight is 222 g/mol. The summed E-state index contributed by atoms with van der Waals surface area (Å²) in [5, 5.41) is 10.2. The molecule has 0 aliphatic rings. The smallest absolute Gasteiger partial charge is 0.244 e. The molecule has 0 aliphatic heterocycles.